The second kappa shape index (κ2) is 6.39. The number of carbonyl (C=O) groups excluding carboxylic acids is 3. The van der Waals surface area contributed by atoms with E-state index in [2.05, 4.69) is 4.74 Å². The molecule has 112 valence electrons. The lowest BCUT2D eigenvalue weighted by atomic mass is 10.1. The van der Waals surface area contributed by atoms with Gasteiger partial charge in [0.15, 0.2) is 5.78 Å². The van der Waals surface area contributed by atoms with Crippen LogP contribution in [-0.2, 0) is 25.5 Å². The van der Waals surface area contributed by atoms with Crippen molar-refractivity contribution >= 4 is 17.7 Å². The quantitative estimate of drug-likeness (QED) is 0.594. The van der Waals surface area contributed by atoms with Gasteiger partial charge in [-0.05, 0) is 6.07 Å². The van der Waals surface area contributed by atoms with Gasteiger partial charge in [-0.25, -0.2) is 0 Å². The summed E-state index contributed by atoms with van der Waals surface area (Å²) in [6, 6.07) is 7.21. The number of ether oxygens (including phenoxy) is 2. The van der Waals surface area contributed by atoms with E-state index in [1.165, 1.54) is 19.1 Å². The maximum Gasteiger partial charge on any atom is 0.318 e. The van der Waals surface area contributed by atoms with Crippen molar-refractivity contribution in [2.75, 3.05) is 27.3 Å². The fraction of sp³-hybridized carbons (Fsp3) is 0.400. The van der Waals surface area contributed by atoms with Crippen LogP contribution < -0.4 is 4.74 Å². The van der Waals surface area contributed by atoms with Crippen molar-refractivity contribution in [2.45, 2.75) is 6.42 Å². The van der Waals surface area contributed by atoms with E-state index < -0.39 is 11.9 Å². The number of benzene rings is 1. The topological polar surface area (TPSA) is 72.9 Å². The van der Waals surface area contributed by atoms with E-state index in [-0.39, 0.29) is 31.2 Å². The Morgan fingerprint density at radius 3 is 2.67 bits per heavy atom. The van der Waals surface area contributed by atoms with E-state index in [1.807, 2.05) is 12.1 Å². The molecule has 1 amide bonds. The van der Waals surface area contributed by atoms with Crippen LogP contribution in [-0.4, -0.2) is 49.9 Å². The SMILES string of the molecule is COC(=O)C1CN(C(=O)Cc2ccccc2OC)CC1=O. The van der Waals surface area contributed by atoms with Gasteiger partial charge in [0.25, 0.3) is 0 Å². The van der Waals surface area contributed by atoms with E-state index in [1.54, 1.807) is 12.1 Å². The molecule has 0 radical (unpaired) electrons. The highest BCUT2D eigenvalue weighted by Gasteiger charge is 2.38. The number of hydrogen-bond donors (Lipinski definition) is 0. The van der Waals surface area contributed by atoms with Crippen LogP contribution in [0.1, 0.15) is 5.56 Å². The van der Waals surface area contributed by atoms with Crippen LogP contribution in [0, 0.1) is 5.92 Å². The molecule has 0 saturated carbocycles. The average Bonchev–Trinajstić information content (AvgIpc) is 2.89. The Morgan fingerprint density at radius 1 is 1.29 bits per heavy atom. The van der Waals surface area contributed by atoms with Gasteiger partial charge in [0.1, 0.15) is 11.7 Å². The van der Waals surface area contributed by atoms with Gasteiger partial charge in [-0.1, -0.05) is 18.2 Å². The number of carbonyl (C=O) groups is 3. The molecule has 21 heavy (non-hydrogen) atoms. The van der Waals surface area contributed by atoms with Crippen molar-refractivity contribution in [2.24, 2.45) is 5.92 Å². The first-order chi connectivity index (χ1) is 10.1. The van der Waals surface area contributed by atoms with E-state index >= 15 is 0 Å². The zero-order valence-electron chi connectivity index (χ0n) is 12.0. The van der Waals surface area contributed by atoms with Crippen molar-refractivity contribution in [3.63, 3.8) is 0 Å². The van der Waals surface area contributed by atoms with E-state index in [0.717, 1.165) is 5.56 Å². The Morgan fingerprint density at radius 2 is 2.00 bits per heavy atom. The van der Waals surface area contributed by atoms with Gasteiger partial charge in [0, 0.05) is 12.1 Å². The lowest BCUT2D eigenvalue weighted by molar-refractivity contribution is -0.147. The van der Waals surface area contributed by atoms with Crippen LogP contribution in [0.2, 0.25) is 0 Å². The van der Waals surface area contributed by atoms with Crippen molar-refractivity contribution in [3.05, 3.63) is 29.8 Å². The monoisotopic (exact) mass is 291 g/mol. The summed E-state index contributed by atoms with van der Waals surface area (Å²) in [5, 5.41) is 0. The number of ketones is 1. The Hall–Kier alpha value is -2.37. The summed E-state index contributed by atoms with van der Waals surface area (Å²) in [5.74, 6) is -1.32. The van der Waals surface area contributed by atoms with Crippen molar-refractivity contribution in [1.82, 2.24) is 4.90 Å². The Bertz CT molecular complexity index is 569. The standard InChI is InChI=1S/C15H17NO5/c1-20-13-6-4-3-5-10(13)7-14(18)16-8-11(12(17)9-16)15(19)21-2/h3-6,11H,7-9H2,1-2H3. The third-order valence-electron chi connectivity index (χ3n) is 3.51. The number of nitrogens with zero attached hydrogens (tertiary/aromatic N) is 1. The van der Waals surface area contributed by atoms with Gasteiger partial charge >= 0.3 is 5.97 Å². The number of hydrogen-bond acceptors (Lipinski definition) is 5. The molecule has 6 nitrogen and oxygen atoms in total. The zero-order valence-corrected chi connectivity index (χ0v) is 12.0. The summed E-state index contributed by atoms with van der Waals surface area (Å²) >= 11 is 0. The minimum atomic E-state index is -0.864. The van der Waals surface area contributed by atoms with Crippen LogP contribution in [0.25, 0.3) is 0 Å². The predicted molar refractivity (Wildman–Crippen MR) is 73.8 cm³/mol. The molecule has 1 fully saturated rings. The number of amides is 1. The molecule has 2 rings (SSSR count). The molecule has 0 spiro atoms. The molecule has 1 aromatic rings. The van der Waals surface area contributed by atoms with E-state index in [9.17, 15) is 14.4 Å². The molecule has 1 atom stereocenters. The minimum Gasteiger partial charge on any atom is -0.496 e. The summed E-state index contributed by atoms with van der Waals surface area (Å²) in [6.45, 7) is 0.0350. The third kappa shape index (κ3) is 3.21. The molecule has 0 aliphatic carbocycles. The average molecular weight is 291 g/mol. The fourth-order valence-electron chi connectivity index (χ4n) is 2.35. The Labute approximate surface area is 122 Å². The van der Waals surface area contributed by atoms with E-state index in [0.29, 0.717) is 5.75 Å². The largest absolute Gasteiger partial charge is 0.496 e. The smallest absolute Gasteiger partial charge is 0.318 e. The summed E-state index contributed by atoms with van der Waals surface area (Å²) in [7, 11) is 2.77. The molecule has 1 aliphatic rings. The van der Waals surface area contributed by atoms with Crippen LogP contribution in [0.5, 0.6) is 5.75 Å². The predicted octanol–water partition coefficient (Wildman–Crippen LogP) is 0.438. The molecular weight excluding hydrogens is 274 g/mol. The van der Waals surface area contributed by atoms with Gasteiger partial charge in [-0.3, -0.25) is 14.4 Å². The summed E-state index contributed by atoms with van der Waals surface area (Å²) in [4.78, 5) is 36.8. The summed E-state index contributed by atoms with van der Waals surface area (Å²) < 4.78 is 9.76. The van der Waals surface area contributed by atoms with Crippen molar-refractivity contribution in [1.29, 1.82) is 0 Å². The second-order valence-electron chi connectivity index (χ2n) is 4.80. The lowest BCUT2D eigenvalue weighted by Gasteiger charge is -2.16. The van der Waals surface area contributed by atoms with Gasteiger partial charge in [0.2, 0.25) is 5.91 Å². The maximum absolute atomic E-state index is 12.3. The summed E-state index contributed by atoms with van der Waals surface area (Å²) in [5.41, 5.74) is 0.749. The Balaban J connectivity index is 2.05. The lowest BCUT2D eigenvalue weighted by Crippen LogP contribution is -2.31. The maximum atomic E-state index is 12.3. The number of para-hydroxylation sites is 1. The fourth-order valence-corrected chi connectivity index (χ4v) is 2.35. The Kier molecular flexibility index (Phi) is 4.57. The number of methoxy groups -OCH3 is 2. The highest BCUT2D eigenvalue weighted by molar-refractivity contribution is 6.04. The first-order valence-electron chi connectivity index (χ1n) is 6.57. The number of likely N-dealkylation sites (tertiary alicyclic amines) is 1. The van der Waals surface area contributed by atoms with Crippen LogP contribution in [0.15, 0.2) is 24.3 Å². The minimum absolute atomic E-state index is 0.0479. The highest BCUT2D eigenvalue weighted by Crippen LogP contribution is 2.20. The zero-order chi connectivity index (χ0) is 15.4. The van der Waals surface area contributed by atoms with Crippen LogP contribution >= 0.6 is 0 Å². The van der Waals surface area contributed by atoms with Crippen LogP contribution in [0.4, 0.5) is 0 Å². The summed E-state index contributed by atoms with van der Waals surface area (Å²) in [6.07, 6.45) is 0.130. The first kappa shape index (κ1) is 15.0. The second-order valence-corrected chi connectivity index (χ2v) is 4.80. The number of rotatable bonds is 4. The normalized spacial score (nSPS) is 17.7. The van der Waals surface area contributed by atoms with Crippen LogP contribution in [0.3, 0.4) is 0 Å². The third-order valence-corrected chi connectivity index (χ3v) is 3.51. The first-order valence-corrected chi connectivity index (χ1v) is 6.57. The molecule has 6 heteroatoms. The van der Waals surface area contributed by atoms with Gasteiger partial charge in [-0.15, -0.1) is 0 Å². The van der Waals surface area contributed by atoms with Crippen molar-refractivity contribution in [3.8, 4) is 5.75 Å². The van der Waals surface area contributed by atoms with Gasteiger partial charge in [-0.2, -0.15) is 0 Å². The number of esters is 1. The van der Waals surface area contributed by atoms with Crippen molar-refractivity contribution < 1.29 is 23.9 Å². The van der Waals surface area contributed by atoms with E-state index in [4.69, 9.17) is 4.74 Å². The molecule has 0 bridgehead atoms. The molecule has 0 N–H and O–H groups in total. The van der Waals surface area contributed by atoms with Gasteiger partial charge in [0.05, 0.1) is 27.2 Å². The molecular formula is C15H17NO5. The molecule has 1 aliphatic heterocycles. The molecule has 1 saturated heterocycles. The molecule has 0 aromatic heterocycles. The van der Waals surface area contributed by atoms with Gasteiger partial charge < -0.3 is 14.4 Å². The molecule has 1 aromatic carbocycles. The molecule has 1 heterocycles. The highest BCUT2D eigenvalue weighted by atomic mass is 16.5. The molecule has 1 unspecified atom stereocenters. The number of Topliss-reactive ketones (excluding diaryl/α,β-unsaturated/α-hetero) is 1.